The van der Waals surface area contributed by atoms with E-state index in [0.717, 1.165) is 25.7 Å². The van der Waals surface area contributed by atoms with Crippen LogP contribution < -0.4 is 25.8 Å². The van der Waals surface area contributed by atoms with E-state index < -0.39 is 39.9 Å². The topological polar surface area (TPSA) is 138 Å². The molecule has 0 unspecified atom stereocenters. The molecule has 0 bridgehead atoms. The Hall–Kier alpha value is -4.21. The summed E-state index contributed by atoms with van der Waals surface area (Å²) in [7, 11) is 1.65. The smallest absolute Gasteiger partial charge is 0.418 e. The number of likely N-dealkylation sites (tertiary alicyclic amines) is 1. The Morgan fingerprint density at radius 1 is 1.15 bits per heavy atom. The Morgan fingerprint density at radius 2 is 1.90 bits per heavy atom. The average Bonchev–Trinajstić information content (AvgIpc) is 3.22. The van der Waals surface area contributed by atoms with Gasteiger partial charge in [0.1, 0.15) is 35.7 Å². The third kappa shape index (κ3) is 6.33. The maximum Gasteiger partial charge on any atom is 0.418 e. The Bertz CT molecular complexity index is 1840. The molecule has 2 aliphatic rings. The Morgan fingerprint density at radius 3 is 2.58 bits per heavy atom. The van der Waals surface area contributed by atoms with Gasteiger partial charge in [0, 0.05) is 38.5 Å². The first-order chi connectivity index (χ1) is 22.9. The summed E-state index contributed by atoms with van der Waals surface area (Å²) in [4.78, 5) is 21.4. The average molecular weight is 691 g/mol. The molecule has 0 aliphatic carbocycles. The van der Waals surface area contributed by atoms with E-state index in [-0.39, 0.29) is 59.1 Å². The van der Waals surface area contributed by atoms with Crippen LogP contribution in [0.3, 0.4) is 0 Å². The molecule has 48 heavy (non-hydrogen) atoms. The maximum absolute atomic E-state index is 16.9. The molecule has 16 heteroatoms. The fourth-order valence-electron chi connectivity index (χ4n) is 6.38. The first-order valence-corrected chi connectivity index (χ1v) is 15.8. The molecule has 2 aliphatic heterocycles. The van der Waals surface area contributed by atoms with E-state index in [1.54, 1.807) is 19.4 Å². The number of nitrogens with zero attached hydrogens (tertiary/aromatic N) is 6. The van der Waals surface area contributed by atoms with E-state index >= 15 is 4.39 Å². The van der Waals surface area contributed by atoms with Gasteiger partial charge in [0.25, 0.3) is 0 Å². The first-order valence-electron chi connectivity index (χ1n) is 15.4. The van der Waals surface area contributed by atoms with Crippen LogP contribution in [0.4, 0.5) is 35.0 Å². The number of nitrogen functional groups attached to an aromatic ring is 2. The van der Waals surface area contributed by atoms with Crippen LogP contribution in [-0.4, -0.2) is 77.4 Å². The fourth-order valence-corrected chi connectivity index (χ4v) is 6.70. The molecule has 0 saturated carbocycles. The maximum atomic E-state index is 16.9. The monoisotopic (exact) mass is 690 g/mol. The number of halogens is 5. The van der Waals surface area contributed by atoms with Gasteiger partial charge >= 0.3 is 12.2 Å². The Balaban J connectivity index is 1.55. The quantitative estimate of drug-likeness (QED) is 0.216. The van der Waals surface area contributed by atoms with Crippen molar-refractivity contribution in [2.75, 3.05) is 62.9 Å². The van der Waals surface area contributed by atoms with Crippen molar-refractivity contribution in [2.45, 2.75) is 45.0 Å². The lowest BCUT2D eigenvalue weighted by Crippen LogP contribution is -2.40. The van der Waals surface area contributed by atoms with Crippen molar-refractivity contribution in [3.8, 4) is 23.0 Å². The van der Waals surface area contributed by atoms with E-state index in [4.69, 9.17) is 42.3 Å². The molecule has 6 rings (SSSR count). The summed E-state index contributed by atoms with van der Waals surface area (Å²) in [6, 6.07) is 4.04. The molecule has 3 aromatic heterocycles. The molecule has 1 saturated heterocycles. The third-order valence-electron chi connectivity index (χ3n) is 8.76. The summed E-state index contributed by atoms with van der Waals surface area (Å²) in [5.41, 5.74) is 9.63. The van der Waals surface area contributed by atoms with Crippen LogP contribution in [0.15, 0.2) is 24.4 Å². The van der Waals surface area contributed by atoms with Gasteiger partial charge in [-0.2, -0.15) is 23.1 Å². The molecule has 4 aromatic rings. The zero-order chi connectivity index (χ0) is 34.3. The molecular weight excluding hydrogens is 656 g/mol. The van der Waals surface area contributed by atoms with Crippen molar-refractivity contribution in [2.24, 2.45) is 0 Å². The Labute approximate surface area is 279 Å². The van der Waals surface area contributed by atoms with Gasteiger partial charge in [-0.25, -0.2) is 14.4 Å². The van der Waals surface area contributed by atoms with Crippen molar-refractivity contribution in [1.82, 2.24) is 24.8 Å². The summed E-state index contributed by atoms with van der Waals surface area (Å²) in [5.74, 6) is -0.963. The summed E-state index contributed by atoms with van der Waals surface area (Å²) in [5, 5.41) is -0.343. The molecule has 0 amide bonds. The SMILES string of the molecule is COCCN1CCC(Oc2nc3c4c(c(Cl)c(-c5nc(N)cc(C)c5C(F)(F)F)c(F)c4n2)OCCN3[C@H](C)c2cccnc2N)CC1. The van der Waals surface area contributed by atoms with Crippen molar-refractivity contribution in [1.29, 1.82) is 0 Å². The number of piperidine rings is 1. The number of anilines is 3. The lowest BCUT2D eigenvalue weighted by atomic mass is 9.98. The van der Waals surface area contributed by atoms with E-state index in [1.807, 2.05) is 17.9 Å². The summed E-state index contributed by atoms with van der Waals surface area (Å²) in [6.45, 7) is 6.21. The van der Waals surface area contributed by atoms with E-state index in [1.165, 1.54) is 6.92 Å². The highest BCUT2D eigenvalue weighted by atomic mass is 35.5. The van der Waals surface area contributed by atoms with Crippen molar-refractivity contribution in [3.63, 3.8) is 0 Å². The third-order valence-corrected chi connectivity index (χ3v) is 9.12. The Kier molecular flexibility index (Phi) is 9.37. The fraction of sp³-hybridized carbons (Fsp3) is 0.438. The minimum absolute atomic E-state index is 0.0202. The predicted molar refractivity (Wildman–Crippen MR) is 174 cm³/mol. The van der Waals surface area contributed by atoms with Gasteiger partial charge in [0.05, 0.1) is 46.4 Å². The number of aromatic nitrogens is 4. The highest BCUT2D eigenvalue weighted by molar-refractivity contribution is 6.36. The molecule has 11 nitrogen and oxygen atoms in total. The van der Waals surface area contributed by atoms with Crippen LogP contribution in [0.5, 0.6) is 11.8 Å². The molecule has 1 atom stereocenters. The lowest BCUT2D eigenvalue weighted by molar-refractivity contribution is -0.137. The summed E-state index contributed by atoms with van der Waals surface area (Å²) >= 11 is 6.79. The minimum Gasteiger partial charge on any atom is -0.489 e. The van der Waals surface area contributed by atoms with Gasteiger partial charge in [0.15, 0.2) is 11.6 Å². The van der Waals surface area contributed by atoms with Gasteiger partial charge in [-0.05, 0) is 44.4 Å². The van der Waals surface area contributed by atoms with Crippen molar-refractivity contribution >= 4 is 40.0 Å². The van der Waals surface area contributed by atoms with Crippen LogP contribution in [-0.2, 0) is 10.9 Å². The predicted octanol–water partition coefficient (Wildman–Crippen LogP) is 5.82. The number of alkyl halides is 3. The molecule has 1 aromatic carbocycles. The second-order valence-corrected chi connectivity index (χ2v) is 12.2. The number of nitrogens with two attached hydrogens (primary N) is 2. The van der Waals surface area contributed by atoms with Gasteiger partial charge in [-0.15, -0.1) is 0 Å². The van der Waals surface area contributed by atoms with Gasteiger partial charge in [-0.1, -0.05) is 17.7 Å². The highest BCUT2D eigenvalue weighted by Gasteiger charge is 2.40. The number of rotatable bonds is 8. The zero-order valence-electron chi connectivity index (χ0n) is 26.6. The van der Waals surface area contributed by atoms with Gasteiger partial charge in [-0.3, -0.25) is 0 Å². The van der Waals surface area contributed by atoms with Crippen molar-refractivity contribution in [3.05, 3.63) is 51.9 Å². The molecule has 0 radical (unpaired) electrons. The van der Waals surface area contributed by atoms with Crippen LogP contribution in [0, 0.1) is 12.7 Å². The van der Waals surface area contributed by atoms with Crippen LogP contribution in [0.1, 0.15) is 42.5 Å². The standard InChI is InChI=1S/C32H35ClF4N8O3/c1-16-15-20(38)41-26(23(16)32(35,36)37)21-24(33)28-22-27(25(21)34)42-31(48-18-6-9-44(10-7-18)11-13-46-3)43-30(22)45(12-14-47-28)17(2)19-5-4-8-40-29(19)39/h4-5,8,15,17-18H,6-7,9-14H2,1-3H3,(H2,38,41)(H2,39,40)/t17-/m1/s1. The largest absolute Gasteiger partial charge is 0.489 e. The molecular formula is C32H35ClF4N8O3. The number of aryl methyl sites for hydroxylation is 1. The van der Waals surface area contributed by atoms with E-state index in [0.29, 0.717) is 30.8 Å². The zero-order valence-corrected chi connectivity index (χ0v) is 27.3. The highest BCUT2D eigenvalue weighted by Crippen LogP contribution is 2.51. The first kappa shape index (κ1) is 33.7. The second kappa shape index (κ2) is 13.4. The van der Waals surface area contributed by atoms with Gasteiger partial charge in [0.2, 0.25) is 0 Å². The number of hydrogen-bond acceptors (Lipinski definition) is 11. The summed E-state index contributed by atoms with van der Waals surface area (Å²) < 4.78 is 77.7. The molecule has 0 spiro atoms. The van der Waals surface area contributed by atoms with E-state index in [9.17, 15) is 13.2 Å². The van der Waals surface area contributed by atoms with E-state index in [2.05, 4.69) is 19.9 Å². The molecule has 1 fully saturated rings. The molecule has 5 heterocycles. The number of pyridine rings is 2. The second-order valence-electron chi connectivity index (χ2n) is 11.8. The van der Waals surface area contributed by atoms with Crippen LogP contribution in [0.2, 0.25) is 5.02 Å². The number of ether oxygens (including phenoxy) is 3. The number of hydrogen-bond donors (Lipinski definition) is 2. The van der Waals surface area contributed by atoms with Crippen LogP contribution >= 0.6 is 11.6 Å². The van der Waals surface area contributed by atoms with Crippen molar-refractivity contribution < 1.29 is 31.8 Å². The van der Waals surface area contributed by atoms with Gasteiger partial charge < -0.3 is 35.5 Å². The van der Waals surface area contributed by atoms with Crippen LogP contribution in [0.25, 0.3) is 22.2 Å². The summed E-state index contributed by atoms with van der Waals surface area (Å²) in [6.07, 6.45) is -2.33. The number of methoxy groups -OCH3 is 1. The molecule has 4 N–H and O–H groups in total. The lowest BCUT2D eigenvalue weighted by Gasteiger charge is -2.32. The number of benzene rings is 1. The normalized spacial score (nSPS) is 16.5. The molecule has 256 valence electrons. The minimum atomic E-state index is -4.90.